The van der Waals surface area contributed by atoms with Crippen molar-refractivity contribution < 1.29 is 14.0 Å². The Kier molecular flexibility index (Phi) is 3.96. The molecule has 1 aromatic rings. The topological polar surface area (TPSA) is 58.2 Å². The van der Waals surface area contributed by atoms with Crippen molar-refractivity contribution >= 4 is 27.7 Å². The largest absolute Gasteiger partial charge is 0.352 e. The SMILES string of the molecule is O=C(CNC(=O)c1cccc(Br)c1F)NC1CC1. The first-order chi connectivity index (χ1) is 8.58. The van der Waals surface area contributed by atoms with Gasteiger partial charge in [0.1, 0.15) is 5.82 Å². The Labute approximate surface area is 112 Å². The molecule has 2 N–H and O–H groups in total. The first-order valence-corrected chi connectivity index (χ1v) is 6.39. The zero-order valence-electron chi connectivity index (χ0n) is 9.50. The zero-order valence-corrected chi connectivity index (χ0v) is 11.1. The first kappa shape index (κ1) is 13.0. The lowest BCUT2D eigenvalue weighted by Gasteiger charge is -2.07. The Hall–Kier alpha value is -1.43. The van der Waals surface area contributed by atoms with Crippen LogP contribution in [0.15, 0.2) is 22.7 Å². The fraction of sp³-hybridized carbons (Fsp3) is 0.333. The van der Waals surface area contributed by atoms with E-state index >= 15 is 0 Å². The summed E-state index contributed by atoms with van der Waals surface area (Å²) in [5.41, 5.74) is -0.0800. The molecule has 0 bridgehead atoms. The van der Waals surface area contributed by atoms with Crippen LogP contribution in [0.1, 0.15) is 23.2 Å². The van der Waals surface area contributed by atoms with Gasteiger partial charge in [-0.05, 0) is 40.9 Å². The van der Waals surface area contributed by atoms with Gasteiger partial charge in [-0.25, -0.2) is 4.39 Å². The molecule has 1 aromatic carbocycles. The van der Waals surface area contributed by atoms with E-state index in [1.807, 2.05) is 0 Å². The molecule has 0 saturated heterocycles. The lowest BCUT2D eigenvalue weighted by atomic mass is 10.2. The summed E-state index contributed by atoms with van der Waals surface area (Å²) in [5, 5.41) is 5.12. The molecule has 0 atom stereocenters. The molecule has 0 aliphatic heterocycles. The van der Waals surface area contributed by atoms with Gasteiger partial charge in [-0.15, -0.1) is 0 Å². The van der Waals surface area contributed by atoms with Crippen LogP contribution in [-0.2, 0) is 4.79 Å². The van der Waals surface area contributed by atoms with Crippen molar-refractivity contribution in [3.8, 4) is 0 Å². The van der Waals surface area contributed by atoms with Gasteiger partial charge in [0.2, 0.25) is 5.91 Å². The lowest BCUT2D eigenvalue weighted by Crippen LogP contribution is -2.38. The van der Waals surface area contributed by atoms with E-state index in [2.05, 4.69) is 26.6 Å². The molecule has 4 nitrogen and oxygen atoms in total. The average Bonchev–Trinajstić information content (AvgIpc) is 3.13. The van der Waals surface area contributed by atoms with Gasteiger partial charge < -0.3 is 10.6 Å². The third-order valence-electron chi connectivity index (χ3n) is 2.55. The highest BCUT2D eigenvalue weighted by molar-refractivity contribution is 9.10. The quantitative estimate of drug-likeness (QED) is 0.887. The second kappa shape index (κ2) is 5.48. The Balaban J connectivity index is 1.90. The highest BCUT2D eigenvalue weighted by Gasteiger charge is 2.23. The van der Waals surface area contributed by atoms with Crippen LogP contribution < -0.4 is 10.6 Å². The maximum atomic E-state index is 13.6. The molecular formula is C12H12BrFN2O2. The van der Waals surface area contributed by atoms with Crippen LogP contribution in [0.25, 0.3) is 0 Å². The molecule has 0 heterocycles. The molecule has 2 amide bonds. The first-order valence-electron chi connectivity index (χ1n) is 5.59. The van der Waals surface area contributed by atoms with Gasteiger partial charge in [-0.3, -0.25) is 9.59 Å². The summed E-state index contributed by atoms with van der Waals surface area (Å²) < 4.78 is 13.8. The van der Waals surface area contributed by atoms with Crippen molar-refractivity contribution in [2.24, 2.45) is 0 Å². The molecule has 0 unspecified atom stereocenters. The molecule has 1 aliphatic carbocycles. The minimum atomic E-state index is -0.627. The number of halogens is 2. The van der Waals surface area contributed by atoms with Gasteiger partial charge >= 0.3 is 0 Å². The van der Waals surface area contributed by atoms with E-state index in [9.17, 15) is 14.0 Å². The summed E-state index contributed by atoms with van der Waals surface area (Å²) in [7, 11) is 0. The van der Waals surface area contributed by atoms with Gasteiger partial charge in [0.25, 0.3) is 5.91 Å². The van der Waals surface area contributed by atoms with E-state index in [1.54, 1.807) is 6.07 Å². The fourth-order valence-corrected chi connectivity index (χ4v) is 1.81. The van der Waals surface area contributed by atoms with E-state index in [4.69, 9.17) is 0 Å². The van der Waals surface area contributed by atoms with E-state index in [0.29, 0.717) is 0 Å². The molecule has 0 radical (unpaired) electrons. The van der Waals surface area contributed by atoms with Crippen LogP contribution in [0.5, 0.6) is 0 Å². The van der Waals surface area contributed by atoms with Crippen molar-refractivity contribution in [1.82, 2.24) is 10.6 Å². The maximum Gasteiger partial charge on any atom is 0.254 e. The Morgan fingerprint density at radius 3 is 2.78 bits per heavy atom. The van der Waals surface area contributed by atoms with Crippen molar-refractivity contribution in [1.29, 1.82) is 0 Å². The summed E-state index contributed by atoms with van der Waals surface area (Å²) >= 11 is 3.00. The molecule has 1 saturated carbocycles. The summed E-state index contributed by atoms with van der Waals surface area (Å²) in [6.45, 7) is -0.138. The zero-order chi connectivity index (χ0) is 13.1. The van der Waals surface area contributed by atoms with Gasteiger partial charge in [0, 0.05) is 6.04 Å². The standard InChI is InChI=1S/C12H12BrFN2O2/c13-9-3-1-2-8(11(9)14)12(18)15-6-10(17)16-7-4-5-7/h1-3,7H,4-6H2,(H,15,18)(H,16,17). The van der Waals surface area contributed by atoms with Crippen LogP contribution in [-0.4, -0.2) is 24.4 Å². The van der Waals surface area contributed by atoms with Crippen LogP contribution >= 0.6 is 15.9 Å². The summed E-state index contributed by atoms with van der Waals surface area (Å²) in [4.78, 5) is 23.0. The number of amides is 2. The lowest BCUT2D eigenvalue weighted by molar-refractivity contribution is -0.120. The van der Waals surface area contributed by atoms with E-state index in [1.165, 1.54) is 12.1 Å². The van der Waals surface area contributed by atoms with Crippen LogP contribution in [0.2, 0.25) is 0 Å². The van der Waals surface area contributed by atoms with Crippen molar-refractivity contribution in [3.05, 3.63) is 34.1 Å². The number of hydrogen-bond donors (Lipinski definition) is 2. The van der Waals surface area contributed by atoms with Crippen molar-refractivity contribution in [2.75, 3.05) is 6.54 Å². The minimum absolute atomic E-state index is 0.0800. The number of carbonyl (C=O) groups excluding carboxylic acids is 2. The second-order valence-corrected chi connectivity index (χ2v) is 4.98. The second-order valence-electron chi connectivity index (χ2n) is 4.13. The molecule has 1 fully saturated rings. The van der Waals surface area contributed by atoms with Gasteiger partial charge in [-0.1, -0.05) is 6.07 Å². The van der Waals surface area contributed by atoms with Crippen LogP contribution in [0, 0.1) is 5.82 Å². The molecule has 2 rings (SSSR count). The predicted molar refractivity (Wildman–Crippen MR) is 67.6 cm³/mol. The Morgan fingerprint density at radius 2 is 2.11 bits per heavy atom. The fourth-order valence-electron chi connectivity index (χ4n) is 1.44. The number of hydrogen-bond acceptors (Lipinski definition) is 2. The smallest absolute Gasteiger partial charge is 0.254 e. The monoisotopic (exact) mass is 314 g/mol. The van der Waals surface area contributed by atoms with Gasteiger partial charge in [0.15, 0.2) is 0 Å². The molecule has 1 aliphatic rings. The molecule has 0 aromatic heterocycles. The normalized spacial score (nSPS) is 14.1. The molecule has 6 heteroatoms. The number of nitrogens with one attached hydrogen (secondary N) is 2. The average molecular weight is 315 g/mol. The summed E-state index contributed by atoms with van der Waals surface area (Å²) in [5.74, 6) is -1.47. The van der Waals surface area contributed by atoms with Gasteiger partial charge in [-0.2, -0.15) is 0 Å². The number of rotatable bonds is 4. The molecule has 0 spiro atoms. The van der Waals surface area contributed by atoms with E-state index in [-0.39, 0.29) is 28.5 Å². The maximum absolute atomic E-state index is 13.6. The number of benzene rings is 1. The third-order valence-corrected chi connectivity index (χ3v) is 3.16. The summed E-state index contributed by atoms with van der Waals surface area (Å²) in [6.07, 6.45) is 1.97. The minimum Gasteiger partial charge on any atom is -0.352 e. The van der Waals surface area contributed by atoms with Crippen molar-refractivity contribution in [3.63, 3.8) is 0 Å². The van der Waals surface area contributed by atoms with E-state index < -0.39 is 11.7 Å². The highest BCUT2D eigenvalue weighted by atomic mass is 79.9. The van der Waals surface area contributed by atoms with Crippen molar-refractivity contribution in [2.45, 2.75) is 18.9 Å². The third kappa shape index (κ3) is 3.29. The van der Waals surface area contributed by atoms with Crippen LogP contribution in [0.4, 0.5) is 4.39 Å². The Morgan fingerprint density at radius 1 is 1.39 bits per heavy atom. The highest BCUT2D eigenvalue weighted by Crippen LogP contribution is 2.19. The molecule has 18 heavy (non-hydrogen) atoms. The Bertz CT molecular complexity index is 489. The summed E-state index contributed by atoms with van der Waals surface area (Å²) in [6, 6.07) is 4.68. The van der Waals surface area contributed by atoms with Crippen LogP contribution in [0.3, 0.4) is 0 Å². The molecule has 96 valence electrons. The van der Waals surface area contributed by atoms with Gasteiger partial charge in [0.05, 0.1) is 16.6 Å². The predicted octanol–water partition coefficient (Wildman–Crippen LogP) is 1.60. The number of carbonyl (C=O) groups is 2. The van der Waals surface area contributed by atoms with E-state index in [0.717, 1.165) is 12.8 Å². The molecular weight excluding hydrogens is 303 g/mol.